The highest BCUT2D eigenvalue weighted by molar-refractivity contribution is 6.02. The van der Waals surface area contributed by atoms with Crippen LogP contribution in [0.2, 0.25) is 0 Å². The third-order valence-electron chi connectivity index (χ3n) is 2.09. The van der Waals surface area contributed by atoms with Gasteiger partial charge in [-0.3, -0.25) is 4.79 Å². The van der Waals surface area contributed by atoms with Crippen LogP contribution in [0, 0.1) is 12.3 Å². The molecule has 0 heterocycles. The van der Waals surface area contributed by atoms with Crippen LogP contribution in [0.15, 0.2) is 18.2 Å². The molecule has 2 nitrogen and oxygen atoms in total. The van der Waals surface area contributed by atoms with Gasteiger partial charge >= 0.3 is 0 Å². The van der Waals surface area contributed by atoms with Crippen molar-refractivity contribution in [1.29, 1.82) is 0 Å². The smallest absolute Gasteiger partial charge is 0.176 e. The van der Waals surface area contributed by atoms with Crippen molar-refractivity contribution >= 4 is 11.5 Å². The molecule has 14 heavy (non-hydrogen) atoms. The number of benzene rings is 1. The van der Waals surface area contributed by atoms with Gasteiger partial charge < -0.3 is 5.73 Å². The number of hydrogen-bond donors (Lipinski definition) is 1. The van der Waals surface area contributed by atoms with E-state index in [4.69, 9.17) is 12.2 Å². The number of ketones is 1. The highest BCUT2D eigenvalue weighted by Gasteiger charge is 2.08. The van der Waals surface area contributed by atoms with Crippen molar-refractivity contribution < 1.29 is 4.79 Å². The van der Waals surface area contributed by atoms with E-state index >= 15 is 0 Å². The van der Waals surface area contributed by atoms with Crippen molar-refractivity contribution in [1.82, 2.24) is 0 Å². The lowest BCUT2D eigenvalue weighted by Crippen LogP contribution is -2.03. The monoisotopic (exact) mass is 187 g/mol. The minimum absolute atomic E-state index is 0.0831. The standard InChI is InChI=1S/C12H13NO/c1-3-5-12(14)10-8-9(4-2)6-7-11(10)13/h1,6-8H,4-5,13H2,2H3. The molecule has 0 fully saturated rings. The van der Waals surface area contributed by atoms with Gasteiger partial charge in [-0.1, -0.05) is 18.9 Å². The van der Waals surface area contributed by atoms with Crippen LogP contribution in [-0.4, -0.2) is 5.78 Å². The third kappa shape index (κ3) is 2.14. The molecule has 0 saturated carbocycles. The zero-order chi connectivity index (χ0) is 10.6. The molecule has 0 aliphatic carbocycles. The zero-order valence-electron chi connectivity index (χ0n) is 8.21. The van der Waals surface area contributed by atoms with Gasteiger partial charge in [-0.25, -0.2) is 0 Å². The molecule has 2 heteroatoms. The molecule has 0 atom stereocenters. The highest BCUT2D eigenvalue weighted by atomic mass is 16.1. The number of carbonyl (C=O) groups excluding carboxylic acids is 1. The van der Waals surface area contributed by atoms with Gasteiger partial charge in [-0.05, 0) is 24.1 Å². The van der Waals surface area contributed by atoms with Crippen molar-refractivity contribution in [2.45, 2.75) is 19.8 Å². The summed E-state index contributed by atoms with van der Waals surface area (Å²) in [5.74, 6) is 2.24. The Morgan fingerprint density at radius 3 is 2.86 bits per heavy atom. The van der Waals surface area contributed by atoms with Crippen molar-refractivity contribution in [2.24, 2.45) is 0 Å². The van der Waals surface area contributed by atoms with Crippen molar-refractivity contribution in [2.75, 3.05) is 5.73 Å². The summed E-state index contributed by atoms with van der Waals surface area (Å²) in [5, 5.41) is 0. The topological polar surface area (TPSA) is 43.1 Å². The van der Waals surface area contributed by atoms with Crippen molar-refractivity contribution in [3.63, 3.8) is 0 Å². The number of Topliss-reactive ketones (excluding diaryl/α,β-unsaturated/α-hetero) is 1. The number of carbonyl (C=O) groups is 1. The molecule has 0 aromatic heterocycles. The third-order valence-corrected chi connectivity index (χ3v) is 2.09. The van der Waals surface area contributed by atoms with Crippen LogP contribution >= 0.6 is 0 Å². The number of anilines is 1. The first-order valence-electron chi connectivity index (χ1n) is 4.54. The van der Waals surface area contributed by atoms with Crippen molar-refractivity contribution in [3.8, 4) is 12.3 Å². The van der Waals surface area contributed by atoms with Crippen LogP contribution in [0.3, 0.4) is 0 Å². The number of hydrogen-bond acceptors (Lipinski definition) is 2. The molecule has 0 bridgehead atoms. The summed E-state index contributed by atoms with van der Waals surface area (Å²) in [7, 11) is 0. The van der Waals surface area contributed by atoms with Gasteiger partial charge in [-0.15, -0.1) is 6.42 Å². The van der Waals surface area contributed by atoms with E-state index < -0.39 is 0 Å². The van der Waals surface area contributed by atoms with Gasteiger partial charge in [0.05, 0.1) is 6.42 Å². The average molecular weight is 187 g/mol. The molecule has 1 rings (SSSR count). The Labute approximate surface area is 84.1 Å². The molecule has 2 N–H and O–H groups in total. The summed E-state index contributed by atoms with van der Waals surface area (Å²) < 4.78 is 0. The maximum Gasteiger partial charge on any atom is 0.176 e. The average Bonchev–Trinajstić information content (AvgIpc) is 2.19. The quantitative estimate of drug-likeness (QED) is 0.447. The predicted octanol–water partition coefficient (Wildman–Crippen LogP) is 2.04. The minimum Gasteiger partial charge on any atom is -0.398 e. The van der Waals surface area contributed by atoms with Crippen LogP contribution in [0.1, 0.15) is 29.3 Å². The highest BCUT2D eigenvalue weighted by Crippen LogP contribution is 2.16. The first-order valence-corrected chi connectivity index (χ1v) is 4.54. The molecular formula is C12H13NO. The Morgan fingerprint density at radius 1 is 1.57 bits per heavy atom. The van der Waals surface area contributed by atoms with Crippen molar-refractivity contribution in [3.05, 3.63) is 29.3 Å². The summed E-state index contributed by atoms with van der Waals surface area (Å²) in [6, 6.07) is 5.49. The van der Waals surface area contributed by atoms with E-state index in [-0.39, 0.29) is 12.2 Å². The number of nitrogen functional groups attached to an aromatic ring is 1. The lowest BCUT2D eigenvalue weighted by molar-refractivity contribution is 0.0999. The van der Waals surface area contributed by atoms with E-state index in [0.717, 1.165) is 12.0 Å². The van der Waals surface area contributed by atoms with Crippen LogP contribution in [0.5, 0.6) is 0 Å². The van der Waals surface area contributed by atoms with Gasteiger partial charge in [-0.2, -0.15) is 0 Å². The minimum atomic E-state index is -0.0831. The molecule has 0 radical (unpaired) electrons. The first kappa shape index (κ1) is 10.3. The van der Waals surface area contributed by atoms with E-state index in [1.807, 2.05) is 19.1 Å². The summed E-state index contributed by atoms with van der Waals surface area (Å²) in [6.07, 6.45) is 6.07. The summed E-state index contributed by atoms with van der Waals surface area (Å²) in [4.78, 5) is 11.5. The fourth-order valence-electron chi connectivity index (χ4n) is 1.25. The Balaban J connectivity index is 3.07. The molecule has 72 valence electrons. The predicted molar refractivity (Wildman–Crippen MR) is 58.0 cm³/mol. The zero-order valence-corrected chi connectivity index (χ0v) is 8.21. The molecule has 1 aromatic rings. The van der Waals surface area contributed by atoms with Crippen LogP contribution in [0.4, 0.5) is 5.69 Å². The largest absolute Gasteiger partial charge is 0.398 e. The second kappa shape index (κ2) is 4.48. The molecule has 0 amide bonds. The molecule has 0 saturated heterocycles. The molecule has 0 aliphatic rings. The fraction of sp³-hybridized carbons (Fsp3) is 0.250. The Morgan fingerprint density at radius 2 is 2.29 bits per heavy atom. The maximum absolute atomic E-state index is 11.5. The second-order valence-electron chi connectivity index (χ2n) is 3.08. The SMILES string of the molecule is C#CCC(=O)c1cc(CC)ccc1N. The second-order valence-corrected chi connectivity index (χ2v) is 3.08. The Kier molecular flexibility index (Phi) is 3.30. The Hall–Kier alpha value is -1.75. The molecular weight excluding hydrogens is 174 g/mol. The number of nitrogens with two attached hydrogens (primary N) is 1. The number of rotatable bonds is 3. The molecule has 0 spiro atoms. The number of aryl methyl sites for hydroxylation is 1. The Bertz CT molecular complexity index is 388. The number of terminal acetylenes is 1. The van der Waals surface area contributed by atoms with Crippen LogP contribution in [-0.2, 0) is 6.42 Å². The summed E-state index contributed by atoms with van der Waals surface area (Å²) >= 11 is 0. The van der Waals surface area contributed by atoms with Crippen LogP contribution in [0.25, 0.3) is 0 Å². The summed E-state index contributed by atoms with van der Waals surface area (Å²) in [6.45, 7) is 2.03. The van der Waals surface area contributed by atoms with E-state index in [9.17, 15) is 4.79 Å². The fourth-order valence-corrected chi connectivity index (χ4v) is 1.25. The van der Waals surface area contributed by atoms with Gasteiger partial charge in [0.2, 0.25) is 0 Å². The van der Waals surface area contributed by atoms with E-state index in [1.54, 1.807) is 6.07 Å². The normalized spacial score (nSPS) is 9.43. The van der Waals surface area contributed by atoms with Gasteiger partial charge in [0, 0.05) is 11.3 Å². The maximum atomic E-state index is 11.5. The lowest BCUT2D eigenvalue weighted by Gasteiger charge is -2.04. The van der Waals surface area contributed by atoms with E-state index in [0.29, 0.717) is 11.3 Å². The van der Waals surface area contributed by atoms with E-state index in [2.05, 4.69) is 5.92 Å². The van der Waals surface area contributed by atoms with Gasteiger partial charge in [0.1, 0.15) is 0 Å². The molecule has 0 aliphatic heterocycles. The molecule has 0 unspecified atom stereocenters. The first-order chi connectivity index (χ1) is 6.69. The molecule has 1 aromatic carbocycles. The van der Waals surface area contributed by atoms with E-state index in [1.165, 1.54) is 0 Å². The lowest BCUT2D eigenvalue weighted by atomic mass is 10.0. The summed E-state index contributed by atoms with van der Waals surface area (Å²) in [5.41, 5.74) is 7.83. The van der Waals surface area contributed by atoms with Gasteiger partial charge in [0.15, 0.2) is 5.78 Å². The van der Waals surface area contributed by atoms with Crippen LogP contribution < -0.4 is 5.73 Å². The van der Waals surface area contributed by atoms with Gasteiger partial charge in [0.25, 0.3) is 0 Å².